The number of carbonyl (C=O) groups is 1. The van der Waals surface area contributed by atoms with Gasteiger partial charge in [-0.25, -0.2) is 0 Å². The summed E-state index contributed by atoms with van der Waals surface area (Å²) in [5, 5.41) is 0. The van der Waals surface area contributed by atoms with E-state index in [1.165, 1.54) is 13.0 Å². The van der Waals surface area contributed by atoms with Crippen LogP contribution in [0.25, 0.3) is 0 Å². The molecule has 0 amide bonds. The molecular weight excluding hydrogens is 128 g/mol. The summed E-state index contributed by atoms with van der Waals surface area (Å²) in [5.41, 5.74) is 0. The van der Waals surface area contributed by atoms with E-state index >= 15 is 0 Å². The molecule has 0 aromatic heterocycles. The van der Waals surface area contributed by atoms with E-state index in [0.29, 0.717) is 5.76 Å². The average Bonchev–Trinajstić information content (AvgIpc) is 1.86. The molecule has 10 heavy (non-hydrogen) atoms. The highest BCUT2D eigenvalue weighted by atomic mass is 16.5. The molecule has 0 heterocycles. The van der Waals surface area contributed by atoms with Crippen molar-refractivity contribution >= 4 is 5.97 Å². The zero-order valence-electron chi connectivity index (χ0n) is 6.39. The molecule has 2 nitrogen and oxygen atoms in total. The van der Waals surface area contributed by atoms with E-state index in [2.05, 4.69) is 6.58 Å². The monoisotopic (exact) mass is 140 g/mol. The van der Waals surface area contributed by atoms with Crippen LogP contribution >= 0.6 is 0 Å². The maximum Gasteiger partial charge on any atom is 0.308 e. The molecule has 0 spiro atoms. The van der Waals surface area contributed by atoms with Crippen LogP contribution in [0.4, 0.5) is 0 Å². The predicted molar refractivity (Wildman–Crippen MR) is 40.3 cm³/mol. The molecule has 0 saturated carbocycles. The normalized spacial score (nSPS) is 10.8. The summed E-state index contributed by atoms with van der Waals surface area (Å²) in [4.78, 5) is 10.4. The van der Waals surface area contributed by atoms with Gasteiger partial charge in [-0.1, -0.05) is 13.5 Å². The van der Waals surface area contributed by atoms with Crippen LogP contribution in [0.3, 0.4) is 0 Å². The summed E-state index contributed by atoms with van der Waals surface area (Å²) in [7, 11) is 0. The third-order valence-electron chi connectivity index (χ3n) is 0.868. The fourth-order valence-electron chi connectivity index (χ4n) is 0.534. The Kier molecular flexibility index (Phi) is 4.29. The first-order chi connectivity index (χ1) is 4.70. The number of rotatable bonds is 3. The SMILES string of the molecule is C=C/C(=C\CC)OC(C)=O. The van der Waals surface area contributed by atoms with E-state index in [9.17, 15) is 4.79 Å². The smallest absolute Gasteiger partial charge is 0.308 e. The van der Waals surface area contributed by atoms with E-state index in [4.69, 9.17) is 4.74 Å². The van der Waals surface area contributed by atoms with Crippen molar-refractivity contribution in [1.29, 1.82) is 0 Å². The molecule has 0 aliphatic carbocycles. The molecule has 0 aliphatic heterocycles. The Morgan fingerprint density at radius 3 is 2.60 bits per heavy atom. The second kappa shape index (κ2) is 4.79. The van der Waals surface area contributed by atoms with Crippen molar-refractivity contribution in [2.45, 2.75) is 20.3 Å². The Hall–Kier alpha value is -1.05. The van der Waals surface area contributed by atoms with Crippen LogP contribution in [0, 0.1) is 0 Å². The Morgan fingerprint density at radius 1 is 1.70 bits per heavy atom. The van der Waals surface area contributed by atoms with Crippen molar-refractivity contribution in [3.05, 3.63) is 24.5 Å². The molecule has 0 aliphatic rings. The largest absolute Gasteiger partial charge is 0.427 e. The minimum Gasteiger partial charge on any atom is -0.427 e. The van der Waals surface area contributed by atoms with Gasteiger partial charge in [0.1, 0.15) is 5.76 Å². The van der Waals surface area contributed by atoms with Gasteiger partial charge >= 0.3 is 5.97 Å². The number of carbonyl (C=O) groups excluding carboxylic acids is 1. The molecule has 56 valence electrons. The van der Waals surface area contributed by atoms with Crippen molar-refractivity contribution in [1.82, 2.24) is 0 Å². The Morgan fingerprint density at radius 2 is 2.30 bits per heavy atom. The van der Waals surface area contributed by atoms with Crippen LogP contribution in [0.1, 0.15) is 20.3 Å². The molecule has 0 aromatic rings. The summed E-state index contributed by atoms with van der Waals surface area (Å²) >= 11 is 0. The third kappa shape index (κ3) is 3.89. The zero-order chi connectivity index (χ0) is 7.98. The van der Waals surface area contributed by atoms with E-state index in [1.807, 2.05) is 6.92 Å². The van der Waals surface area contributed by atoms with E-state index in [1.54, 1.807) is 6.08 Å². The van der Waals surface area contributed by atoms with Crippen LogP contribution in [-0.2, 0) is 9.53 Å². The molecule has 2 heteroatoms. The van der Waals surface area contributed by atoms with Crippen LogP contribution in [0.15, 0.2) is 24.5 Å². The molecule has 0 rings (SSSR count). The lowest BCUT2D eigenvalue weighted by Crippen LogP contribution is -1.95. The maximum atomic E-state index is 10.4. The topological polar surface area (TPSA) is 26.3 Å². The van der Waals surface area contributed by atoms with Gasteiger partial charge in [0.15, 0.2) is 0 Å². The van der Waals surface area contributed by atoms with Gasteiger partial charge in [0.25, 0.3) is 0 Å². The third-order valence-corrected chi connectivity index (χ3v) is 0.868. The van der Waals surface area contributed by atoms with Crippen molar-refractivity contribution in [3.63, 3.8) is 0 Å². The van der Waals surface area contributed by atoms with Crippen molar-refractivity contribution in [3.8, 4) is 0 Å². The number of ether oxygens (including phenoxy) is 1. The summed E-state index contributed by atoms with van der Waals surface area (Å²) in [6, 6.07) is 0. The quantitative estimate of drug-likeness (QED) is 0.340. The fraction of sp³-hybridized carbons (Fsp3) is 0.375. The van der Waals surface area contributed by atoms with Crippen molar-refractivity contribution in [2.24, 2.45) is 0 Å². The van der Waals surface area contributed by atoms with Gasteiger partial charge in [0.2, 0.25) is 0 Å². The second-order valence-electron chi connectivity index (χ2n) is 1.81. The maximum absolute atomic E-state index is 10.4. The summed E-state index contributed by atoms with van der Waals surface area (Å²) in [5.74, 6) is 0.231. The second-order valence-corrected chi connectivity index (χ2v) is 1.81. The van der Waals surface area contributed by atoms with Crippen LogP contribution < -0.4 is 0 Å². The first-order valence-electron chi connectivity index (χ1n) is 3.21. The number of esters is 1. The van der Waals surface area contributed by atoms with Gasteiger partial charge in [-0.3, -0.25) is 4.79 Å². The van der Waals surface area contributed by atoms with Gasteiger partial charge in [-0.05, 0) is 18.6 Å². The van der Waals surface area contributed by atoms with Crippen LogP contribution in [0.5, 0.6) is 0 Å². The molecule has 0 N–H and O–H groups in total. The van der Waals surface area contributed by atoms with Gasteiger partial charge in [0.05, 0.1) is 0 Å². The molecular formula is C8H12O2. The minimum absolute atomic E-state index is 0.306. The van der Waals surface area contributed by atoms with Crippen LogP contribution in [0.2, 0.25) is 0 Å². The molecule has 0 bridgehead atoms. The highest BCUT2D eigenvalue weighted by molar-refractivity contribution is 5.67. The molecule has 0 unspecified atom stereocenters. The molecule has 0 fully saturated rings. The first-order valence-corrected chi connectivity index (χ1v) is 3.21. The lowest BCUT2D eigenvalue weighted by atomic mass is 10.4. The molecule has 0 aromatic carbocycles. The van der Waals surface area contributed by atoms with Crippen molar-refractivity contribution < 1.29 is 9.53 Å². The number of hydrogen-bond donors (Lipinski definition) is 0. The van der Waals surface area contributed by atoms with Crippen molar-refractivity contribution in [2.75, 3.05) is 0 Å². The summed E-state index contributed by atoms with van der Waals surface area (Å²) in [6.07, 6.45) is 4.16. The predicted octanol–water partition coefficient (Wildman–Crippen LogP) is 2.03. The Balaban J connectivity index is 3.95. The molecule has 0 atom stereocenters. The number of hydrogen-bond acceptors (Lipinski definition) is 2. The average molecular weight is 140 g/mol. The summed E-state index contributed by atoms with van der Waals surface area (Å²) in [6.45, 7) is 6.82. The lowest BCUT2D eigenvalue weighted by molar-refractivity contribution is -0.136. The van der Waals surface area contributed by atoms with E-state index < -0.39 is 0 Å². The molecule has 0 radical (unpaired) electrons. The van der Waals surface area contributed by atoms with Crippen LogP contribution in [-0.4, -0.2) is 5.97 Å². The number of allylic oxidation sites excluding steroid dienone is 2. The van der Waals surface area contributed by atoms with Gasteiger partial charge in [0, 0.05) is 6.92 Å². The van der Waals surface area contributed by atoms with Gasteiger partial charge < -0.3 is 4.74 Å². The Labute approximate surface area is 61.2 Å². The highest BCUT2D eigenvalue weighted by Gasteiger charge is 1.94. The van der Waals surface area contributed by atoms with Gasteiger partial charge in [-0.15, -0.1) is 0 Å². The molecule has 0 saturated heterocycles. The van der Waals surface area contributed by atoms with E-state index in [-0.39, 0.29) is 5.97 Å². The van der Waals surface area contributed by atoms with Gasteiger partial charge in [-0.2, -0.15) is 0 Å². The standard InChI is InChI=1S/C8H12O2/c1-4-6-8(5-2)10-7(3)9/h5-6H,2,4H2,1,3H3/b8-6+. The Bertz CT molecular complexity index is 157. The highest BCUT2D eigenvalue weighted by Crippen LogP contribution is 1.99. The zero-order valence-corrected chi connectivity index (χ0v) is 6.39. The summed E-state index contributed by atoms with van der Waals surface area (Å²) < 4.78 is 4.74. The lowest BCUT2D eigenvalue weighted by Gasteiger charge is -1.98. The fourth-order valence-corrected chi connectivity index (χ4v) is 0.534. The minimum atomic E-state index is -0.306. The first kappa shape index (κ1) is 8.95. The van der Waals surface area contributed by atoms with E-state index in [0.717, 1.165) is 6.42 Å².